The van der Waals surface area contributed by atoms with Gasteiger partial charge in [-0.05, 0) is 13.1 Å². The molecule has 0 radical (unpaired) electrons. The maximum atomic E-state index is 12.4. The number of hydrogen-bond acceptors (Lipinski definition) is 6. The number of likely N-dealkylation sites (N-methyl/N-ethyl adjacent to an activating group) is 1. The van der Waals surface area contributed by atoms with E-state index in [4.69, 9.17) is 0 Å². The first kappa shape index (κ1) is 16.6. The molecule has 24 heavy (non-hydrogen) atoms. The maximum Gasteiger partial charge on any atom is 0.232 e. The second-order valence-corrected chi connectivity index (χ2v) is 6.28. The number of piperazine rings is 2. The van der Waals surface area contributed by atoms with Gasteiger partial charge in [0.05, 0.1) is 0 Å². The van der Waals surface area contributed by atoms with Gasteiger partial charge >= 0.3 is 0 Å². The van der Waals surface area contributed by atoms with Gasteiger partial charge in [0.1, 0.15) is 6.42 Å². The largest absolute Gasteiger partial charge is 0.340 e. The van der Waals surface area contributed by atoms with Crippen LogP contribution in [0.1, 0.15) is 6.42 Å². The van der Waals surface area contributed by atoms with Gasteiger partial charge in [-0.1, -0.05) is 0 Å². The minimum atomic E-state index is -0.0763. The Kier molecular flexibility index (Phi) is 5.24. The normalized spacial score (nSPS) is 19.5. The molecular weight excluding hydrogens is 308 g/mol. The summed E-state index contributed by atoms with van der Waals surface area (Å²) < 4.78 is 0. The van der Waals surface area contributed by atoms with Gasteiger partial charge in [-0.3, -0.25) is 9.59 Å². The lowest BCUT2D eigenvalue weighted by Gasteiger charge is -2.36. The van der Waals surface area contributed by atoms with Gasteiger partial charge in [0.15, 0.2) is 0 Å². The molecule has 0 aliphatic carbocycles. The monoisotopic (exact) mass is 332 g/mol. The van der Waals surface area contributed by atoms with E-state index in [9.17, 15) is 9.59 Å². The second-order valence-electron chi connectivity index (χ2n) is 6.28. The molecule has 0 N–H and O–H groups in total. The average molecular weight is 332 g/mol. The number of carbonyl (C=O) groups excluding carboxylic acids is 2. The number of hydrogen-bond donors (Lipinski definition) is 0. The number of amides is 2. The Morgan fingerprint density at radius 3 is 1.92 bits per heavy atom. The van der Waals surface area contributed by atoms with E-state index in [1.165, 1.54) is 0 Å². The fraction of sp³-hybridized carbons (Fsp3) is 0.625. The second kappa shape index (κ2) is 7.57. The molecule has 0 saturated carbocycles. The van der Waals surface area contributed by atoms with Crippen molar-refractivity contribution < 1.29 is 9.59 Å². The molecule has 0 aromatic carbocycles. The van der Waals surface area contributed by atoms with Gasteiger partial charge in [-0.2, -0.15) is 0 Å². The molecule has 2 aliphatic heterocycles. The third kappa shape index (κ3) is 4.00. The van der Waals surface area contributed by atoms with Crippen molar-refractivity contribution in [2.24, 2.45) is 0 Å². The van der Waals surface area contributed by atoms with Crippen molar-refractivity contribution in [3.8, 4) is 0 Å². The molecule has 2 saturated heterocycles. The molecule has 0 spiro atoms. The maximum absolute atomic E-state index is 12.4. The molecule has 130 valence electrons. The Bertz CT molecular complexity index is 565. The van der Waals surface area contributed by atoms with Crippen LogP contribution in [0.4, 0.5) is 5.95 Å². The van der Waals surface area contributed by atoms with Gasteiger partial charge in [-0.15, -0.1) is 0 Å². The Balaban J connectivity index is 1.46. The van der Waals surface area contributed by atoms with Gasteiger partial charge in [-0.25, -0.2) is 9.97 Å². The molecular formula is C16H24N6O2. The lowest BCUT2D eigenvalue weighted by molar-refractivity contribution is -0.141. The Hall–Kier alpha value is -2.22. The lowest BCUT2D eigenvalue weighted by atomic mass is 10.2. The topological polar surface area (TPSA) is 72.9 Å². The van der Waals surface area contributed by atoms with Crippen LogP contribution >= 0.6 is 0 Å². The summed E-state index contributed by atoms with van der Waals surface area (Å²) in [5.74, 6) is 0.563. The van der Waals surface area contributed by atoms with Crippen molar-refractivity contribution in [3.05, 3.63) is 18.5 Å². The van der Waals surface area contributed by atoms with Crippen LogP contribution in [0.3, 0.4) is 0 Å². The highest BCUT2D eigenvalue weighted by atomic mass is 16.2. The third-order valence-corrected chi connectivity index (χ3v) is 4.63. The van der Waals surface area contributed by atoms with E-state index in [0.29, 0.717) is 45.2 Å². The summed E-state index contributed by atoms with van der Waals surface area (Å²) in [5, 5.41) is 0. The van der Waals surface area contributed by atoms with Gasteiger partial charge in [0.25, 0.3) is 0 Å². The van der Waals surface area contributed by atoms with E-state index < -0.39 is 0 Å². The zero-order valence-electron chi connectivity index (χ0n) is 14.1. The van der Waals surface area contributed by atoms with E-state index in [0.717, 1.165) is 13.1 Å². The molecule has 0 atom stereocenters. The quantitative estimate of drug-likeness (QED) is 0.681. The first-order valence-electron chi connectivity index (χ1n) is 8.39. The van der Waals surface area contributed by atoms with E-state index in [1.54, 1.807) is 28.3 Å². The molecule has 2 amide bonds. The number of anilines is 1. The van der Waals surface area contributed by atoms with Crippen molar-refractivity contribution >= 4 is 17.8 Å². The molecule has 1 aromatic rings. The van der Waals surface area contributed by atoms with Crippen molar-refractivity contribution in [2.75, 3.05) is 64.3 Å². The van der Waals surface area contributed by atoms with E-state index >= 15 is 0 Å². The fourth-order valence-corrected chi connectivity index (χ4v) is 3.02. The molecule has 3 rings (SSSR count). The number of aromatic nitrogens is 2. The Morgan fingerprint density at radius 1 is 0.875 bits per heavy atom. The SMILES string of the molecule is CN1CCN(C(=O)CC(=O)N2CCN(c3ncccn3)CC2)CC1. The molecule has 2 aliphatic rings. The number of rotatable bonds is 3. The minimum Gasteiger partial charge on any atom is -0.340 e. The highest BCUT2D eigenvalue weighted by Gasteiger charge is 2.26. The van der Waals surface area contributed by atoms with Gasteiger partial charge < -0.3 is 19.6 Å². The van der Waals surface area contributed by atoms with Crippen LogP contribution in [-0.2, 0) is 9.59 Å². The van der Waals surface area contributed by atoms with Crippen molar-refractivity contribution in [1.29, 1.82) is 0 Å². The molecule has 8 nitrogen and oxygen atoms in total. The van der Waals surface area contributed by atoms with E-state index in [2.05, 4.69) is 19.8 Å². The first-order chi connectivity index (χ1) is 11.6. The highest BCUT2D eigenvalue weighted by Crippen LogP contribution is 2.11. The molecule has 0 unspecified atom stereocenters. The molecule has 0 bridgehead atoms. The zero-order valence-corrected chi connectivity index (χ0v) is 14.1. The van der Waals surface area contributed by atoms with Gasteiger partial charge in [0.2, 0.25) is 17.8 Å². The predicted molar refractivity (Wildman–Crippen MR) is 89.5 cm³/mol. The number of carbonyl (C=O) groups is 2. The van der Waals surface area contributed by atoms with Crippen molar-refractivity contribution in [1.82, 2.24) is 24.7 Å². The molecule has 2 fully saturated rings. The number of nitrogens with zero attached hydrogens (tertiary/aromatic N) is 6. The summed E-state index contributed by atoms with van der Waals surface area (Å²) in [5.41, 5.74) is 0. The Labute approximate surface area is 142 Å². The summed E-state index contributed by atoms with van der Waals surface area (Å²) in [7, 11) is 2.04. The standard InChI is InChI=1S/C16H24N6O2/c1-19-5-7-20(8-6-19)14(23)13-15(24)21-9-11-22(12-10-21)16-17-3-2-4-18-16/h2-4H,5-13H2,1H3. The fourth-order valence-electron chi connectivity index (χ4n) is 3.02. The summed E-state index contributed by atoms with van der Waals surface area (Å²) in [4.78, 5) is 40.9. The van der Waals surface area contributed by atoms with Crippen LogP contribution in [0.5, 0.6) is 0 Å². The van der Waals surface area contributed by atoms with Gasteiger partial charge in [0, 0.05) is 64.8 Å². The summed E-state index contributed by atoms with van der Waals surface area (Å²) in [6.45, 7) is 5.76. The van der Waals surface area contributed by atoms with Crippen LogP contribution in [-0.4, -0.2) is 95.9 Å². The third-order valence-electron chi connectivity index (χ3n) is 4.63. The molecule has 8 heteroatoms. The van der Waals surface area contributed by atoms with Crippen LogP contribution in [0, 0.1) is 0 Å². The van der Waals surface area contributed by atoms with Crippen LogP contribution < -0.4 is 4.90 Å². The van der Waals surface area contributed by atoms with Crippen LogP contribution in [0.15, 0.2) is 18.5 Å². The first-order valence-corrected chi connectivity index (χ1v) is 8.39. The predicted octanol–water partition coefficient (Wildman–Crippen LogP) is -0.711. The van der Waals surface area contributed by atoms with E-state index in [-0.39, 0.29) is 18.2 Å². The smallest absolute Gasteiger partial charge is 0.232 e. The summed E-state index contributed by atoms with van der Waals surface area (Å²) in [6, 6.07) is 1.78. The lowest BCUT2D eigenvalue weighted by Crippen LogP contribution is -2.51. The van der Waals surface area contributed by atoms with Crippen molar-refractivity contribution in [3.63, 3.8) is 0 Å². The molecule has 3 heterocycles. The summed E-state index contributed by atoms with van der Waals surface area (Å²) >= 11 is 0. The zero-order chi connectivity index (χ0) is 16.9. The average Bonchev–Trinajstić information content (AvgIpc) is 2.63. The summed E-state index contributed by atoms with van der Waals surface area (Å²) in [6.07, 6.45) is 3.41. The van der Waals surface area contributed by atoms with Crippen LogP contribution in [0.25, 0.3) is 0 Å². The van der Waals surface area contributed by atoms with E-state index in [1.807, 2.05) is 7.05 Å². The van der Waals surface area contributed by atoms with Crippen molar-refractivity contribution in [2.45, 2.75) is 6.42 Å². The Morgan fingerprint density at radius 2 is 1.38 bits per heavy atom. The highest BCUT2D eigenvalue weighted by molar-refractivity contribution is 5.97. The molecule has 1 aromatic heterocycles. The van der Waals surface area contributed by atoms with Crippen LogP contribution in [0.2, 0.25) is 0 Å². The minimum absolute atomic E-state index is 0.0223.